The third-order valence-electron chi connectivity index (χ3n) is 3.13. The lowest BCUT2D eigenvalue weighted by Gasteiger charge is -2.05. The molecule has 0 unspecified atom stereocenters. The van der Waals surface area contributed by atoms with Gasteiger partial charge in [-0.05, 0) is 46.9 Å². The van der Waals surface area contributed by atoms with E-state index in [4.69, 9.17) is 0 Å². The third kappa shape index (κ3) is 4.24. The number of carbonyl (C=O) groups excluding carboxylic acids is 2. The molecular weight excluding hydrogens is 312 g/mol. The van der Waals surface area contributed by atoms with Gasteiger partial charge in [-0.2, -0.15) is 0 Å². The highest BCUT2D eigenvalue weighted by molar-refractivity contribution is 8.14. The summed E-state index contributed by atoms with van der Waals surface area (Å²) in [6.07, 6.45) is 0. The molecule has 4 heteroatoms. The lowest BCUT2D eigenvalue weighted by Crippen LogP contribution is -1.94. The maximum absolute atomic E-state index is 11.8. The Kier molecular flexibility index (Phi) is 6.28. The van der Waals surface area contributed by atoms with Crippen LogP contribution in [0.1, 0.15) is 34.6 Å². The molecule has 0 fully saturated rings. The first-order valence-corrected chi connectivity index (χ1v) is 9.17. The number of thioether (sulfide) groups is 2. The Morgan fingerprint density at radius 3 is 1.27 bits per heavy atom. The lowest BCUT2D eigenvalue weighted by atomic mass is 10.0. The summed E-state index contributed by atoms with van der Waals surface area (Å²) in [5.74, 6) is 1.57. The van der Waals surface area contributed by atoms with Crippen LogP contribution in [0.3, 0.4) is 0 Å². The predicted molar refractivity (Wildman–Crippen MR) is 96.8 cm³/mol. The molecule has 0 saturated carbocycles. The topological polar surface area (TPSA) is 34.1 Å². The molecule has 0 aromatic heterocycles. The van der Waals surface area contributed by atoms with E-state index in [9.17, 15) is 9.59 Å². The second-order valence-electron chi connectivity index (χ2n) is 4.60. The van der Waals surface area contributed by atoms with Gasteiger partial charge in [0.2, 0.25) is 10.2 Å². The van der Waals surface area contributed by atoms with Crippen LogP contribution in [0.2, 0.25) is 0 Å². The Labute approximate surface area is 139 Å². The summed E-state index contributed by atoms with van der Waals surface area (Å²) >= 11 is 2.63. The van der Waals surface area contributed by atoms with Gasteiger partial charge < -0.3 is 0 Å². The van der Waals surface area contributed by atoms with E-state index in [0.29, 0.717) is 0 Å². The first-order chi connectivity index (χ1) is 10.7. The highest BCUT2D eigenvalue weighted by Gasteiger charge is 2.07. The Bertz CT molecular complexity index is 586. The van der Waals surface area contributed by atoms with E-state index < -0.39 is 0 Å². The largest absolute Gasteiger partial charge is 0.282 e. The summed E-state index contributed by atoms with van der Waals surface area (Å²) in [6.45, 7) is 3.94. The molecule has 0 heterocycles. The Hall–Kier alpha value is -1.52. The van der Waals surface area contributed by atoms with Crippen LogP contribution < -0.4 is 0 Å². The minimum atomic E-state index is 0.103. The van der Waals surface area contributed by atoms with Crippen molar-refractivity contribution in [1.82, 2.24) is 0 Å². The van der Waals surface area contributed by atoms with Gasteiger partial charge in [0.1, 0.15) is 0 Å². The third-order valence-corrected chi connectivity index (χ3v) is 4.70. The normalized spacial score (nSPS) is 10.5. The maximum atomic E-state index is 11.8. The molecule has 0 aliphatic heterocycles. The van der Waals surface area contributed by atoms with Crippen molar-refractivity contribution in [3.8, 4) is 11.1 Å². The van der Waals surface area contributed by atoms with Crippen LogP contribution in [0, 0.1) is 0 Å². The monoisotopic (exact) mass is 330 g/mol. The molecule has 2 rings (SSSR count). The molecule has 0 radical (unpaired) electrons. The number of hydrogen-bond acceptors (Lipinski definition) is 4. The molecule has 0 spiro atoms. The van der Waals surface area contributed by atoms with Crippen LogP contribution in [-0.4, -0.2) is 21.7 Å². The predicted octanol–water partition coefficient (Wildman–Crippen LogP) is 5.14. The average molecular weight is 330 g/mol. The smallest absolute Gasteiger partial charge is 0.219 e. The number of rotatable bonds is 5. The Morgan fingerprint density at radius 1 is 0.682 bits per heavy atom. The Morgan fingerprint density at radius 2 is 1.00 bits per heavy atom. The molecule has 2 aromatic carbocycles. The highest BCUT2D eigenvalue weighted by atomic mass is 32.2. The second-order valence-corrected chi connectivity index (χ2v) is 7.07. The number of benzene rings is 2. The lowest BCUT2D eigenvalue weighted by molar-refractivity contribution is 0.108. The standard InChI is InChI=1S/C18H18O2S2/c1-3-21-17(19)15-9-5-13(6-10-15)14-7-11-16(12-8-14)18(20)22-4-2/h5-12H,3-4H2,1-2H3. The van der Waals surface area contributed by atoms with Crippen LogP contribution in [0.5, 0.6) is 0 Å². The molecule has 0 aliphatic carbocycles. The number of carbonyl (C=O) groups is 2. The first-order valence-electron chi connectivity index (χ1n) is 7.20. The van der Waals surface area contributed by atoms with Gasteiger partial charge in [0.25, 0.3) is 0 Å². The van der Waals surface area contributed by atoms with Crippen molar-refractivity contribution in [1.29, 1.82) is 0 Å². The second kappa shape index (κ2) is 8.20. The molecule has 0 amide bonds. The summed E-state index contributed by atoms with van der Waals surface area (Å²) in [7, 11) is 0. The van der Waals surface area contributed by atoms with E-state index in [1.54, 1.807) is 0 Å². The highest BCUT2D eigenvalue weighted by Crippen LogP contribution is 2.23. The molecule has 0 aliphatic rings. The van der Waals surface area contributed by atoms with Gasteiger partial charge in [-0.1, -0.05) is 61.6 Å². The first kappa shape index (κ1) is 16.8. The molecule has 0 bridgehead atoms. The van der Waals surface area contributed by atoms with Crippen molar-refractivity contribution in [3.63, 3.8) is 0 Å². The van der Waals surface area contributed by atoms with Crippen molar-refractivity contribution in [2.45, 2.75) is 13.8 Å². The van der Waals surface area contributed by atoms with Crippen LogP contribution in [-0.2, 0) is 0 Å². The Balaban J connectivity index is 2.15. The van der Waals surface area contributed by atoms with Gasteiger partial charge in [0, 0.05) is 11.1 Å². The fourth-order valence-corrected chi connectivity index (χ4v) is 3.16. The fourth-order valence-electron chi connectivity index (χ4n) is 2.03. The zero-order chi connectivity index (χ0) is 15.9. The minimum absolute atomic E-state index is 0.103. The molecule has 2 nitrogen and oxygen atoms in total. The molecule has 114 valence electrons. The molecule has 0 saturated heterocycles. The SMILES string of the molecule is CCSC(=O)c1ccc(-c2ccc(C(=O)SCC)cc2)cc1. The van der Waals surface area contributed by atoms with Gasteiger partial charge >= 0.3 is 0 Å². The van der Waals surface area contributed by atoms with E-state index >= 15 is 0 Å². The van der Waals surface area contributed by atoms with Crippen LogP contribution in [0.25, 0.3) is 11.1 Å². The van der Waals surface area contributed by atoms with E-state index in [0.717, 1.165) is 33.8 Å². The van der Waals surface area contributed by atoms with Crippen LogP contribution >= 0.6 is 23.5 Å². The van der Waals surface area contributed by atoms with Gasteiger partial charge in [-0.3, -0.25) is 9.59 Å². The van der Waals surface area contributed by atoms with Crippen molar-refractivity contribution >= 4 is 33.8 Å². The summed E-state index contributed by atoms with van der Waals surface area (Å²) in [5, 5.41) is 0.207. The molecule has 0 N–H and O–H groups in total. The van der Waals surface area contributed by atoms with E-state index in [1.165, 1.54) is 23.5 Å². The van der Waals surface area contributed by atoms with E-state index in [2.05, 4.69) is 0 Å². The van der Waals surface area contributed by atoms with Crippen molar-refractivity contribution in [2.24, 2.45) is 0 Å². The van der Waals surface area contributed by atoms with E-state index in [-0.39, 0.29) is 10.2 Å². The van der Waals surface area contributed by atoms with Crippen LogP contribution in [0.4, 0.5) is 0 Å². The zero-order valence-electron chi connectivity index (χ0n) is 12.7. The molecular formula is C18H18O2S2. The fraction of sp³-hybridized carbons (Fsp3) is 0.222. The summed E-state index contributed by atoms with van der Waals surface area (Å²) < 4.78 is 0. The zero-order valence-corrected chi connectivity index (χ0v) is 14.3. The van der Waals surface area contributed by atoms with Crippen LogP contribution in [0.15, 0.2) is 48.5 Å². The number of hydrogen-bond donors (Lipinski definition) is 0. The van der Waals surface area contributed by atoms with Gasteiger partial charge in [-0.15, -0.1) is 0 Å². The summed E-state index contributed by atoms with van der Waals surface area (Å²) in [4.78, 5) is 23.6. The van der Waals surface area contributed by atoms with Crippen molar-refractivity contribution < 1.29 is 9.59 Å². The summed E-state index contributed by atoms with van der Waals surface area (Å²) in [5.41, 5.74) is 3.53. The van der Waals surface area contributed by atoms with Gasteiger partial charge in [-0.25, -0.2) is 0 Å². The molecule has 2 aromatic rings. The van der Waals surface area contributed by atoms with Gasteiger partial charge in [0.05, 0.1) is 0 Å². The van der Waals surface area contributed by atoms with Gasteiger partial charge in [0.15, 0.2) is 0 Å². The molecule has 22 heavy (non-hydrogen) atoms. The van der Waals surface area contributed by atoms with E-state index in [1.807, 2.05) is 62.4 Å². The van der Waals surface area contributed by atoms with Crippen molar-refractivity contribution in [3.05, 3.63) is 59.7 Å². The minimum Gasteiger partial charge on any atom is -0.282 e. The van der Waals surface area contributed by atoms with Crippen molar-refractivity contribution in [2.75, 3.05) is 11.5 Å². The summed E-state index contributed by atoms with van der Waals surface area (Å²) in [6, 6.07) is 15.2. The quantitative estimate of drug-likeness (QED) is 0.760. The molecule has 0 atom stereocenters. The maximum Gasteiger partial charge on any atom is 0.219 e. The average Bonchev–Trinajstić information content (AvgIpc) is 2.55.